The van der Waals surface area contributed by atoms with Crippen molar-refractivity contribution in [2.45, 2.75) is 38.6 Å². The lowest BCUT2D eigenvalue weighted by Gasteiger charge is -2.24. The SMILES string of the molecule is CCOC(=O)C1=C(C)N=c2sc(=Cc3cn(-c4ccccc4)nc3-c3ccc(OCC)c(C)c3)c(=O)n2C1c1ccc(SC)cc1. The molecule has 2 aromatic heterocycles. The standard InChI is InChI=1S/C36H34N4O4S2/c1-6-43-29-18-15-25(19-22(29)3)32-26(21-39(38-32)27-11-9-8-10-12-27)20-30-34(41)40-33(24-13-16-28(45-5)17-14-24)31(35(42)44-7-2)23(4)37-36(40)46-30/h8-21,33H,6-7H2,1-5H3. The minimum atomic E-state index is -0.673. The van der Waals surface area contributed by atoms with Crippen LogP contribution in [0, 0.1) is 6.92 Å². The summed E-state index contributed by atoms with van der Waals surface area (Å²) in [6.45, 7) is 8.33. The van der Waals surface area contributed by atoms with Crippen molar-refractivity contribution in [2.75, 3.05) is 19.5 Å². The summed E-state index contributed by atoms with van der Waals surface area (Å²) in [4.78, 5) is 33.9. The van der Waals surface area contributed by atoms with E-state index in [0.717, 1.165) is 44.3 Å². The van der Waals surface area contributed by atoms with Gasteiger partial charge in [0.1, 0.15) is 11.4 Å². The third kappa shape index (κ3) is 5.98. The molecule has 6 rings (SSSR count). The number of ether oxygens (including phenoxy) is 2. The monoisotopic (exact) mass is 650 g/mol. The number of nitrogens with zero attached hydrogens (tertiary/aromatic N) is 4. The van der Waals surface area contributed by atoms with Gasteiger partial charge in [0.2, 0.25) is 0 Å². The zero-order valence-corrected chi connectivity index (χ0v) is 27.9. The van der Waals surface area contributed by atoms with Gasteiger partial charge in [0.15, 0.2) is 4.80 Å². The number of para-hydroxylation sites is 1. The van der Waals surface area contributed by atoms with E-state index in [4.69, 9.17) is 19.6 Å². The van der Waals surface area contributed by atoms with E-state index in [9.17, 15) is 9.59 Å². The van der Waals surface area contributed by atoms with Gasteiger partial charge in [-0.3, -0.25) is 9.36 Å². The molecule has 3 heterocycles. The molecule has 234 valence electrons. The molecule has 1 aliphatic rings. The Morgan fingerprint density at radius 2 is 1.78 bits per heavy atom. The number of benzene rings is 3. The zero-order valence-electron chi connectivity index (χ0n) is 26.3. The molecule has 0 radical (unpaired) electrons. The Morgan fingerprint density at radius 3 is 2.46 bits per heavy atom. The second-order valence-corrected chi connectivity index (χ2v) is 12.6. The summed E-state index contributed by atoms with van der Waals surface area (Å²) in [5.74, 6) is 0.344. The van der Waals surface area contributed by atoms with Crippen molar-refractivity contribution in [3.05, 3.63) is 127 Å². The van der Waals surface area contributed by atoms with Gasteiger partial charge in [-0.15, -0.1) is 11.8 Å². The van der Waals surface area contributed by atoms with Gasteiger partial charge >= 0.3 is 5.97 Å². The average Bonchev–Trinajstić information content (AvgIpc) is 3.62. The van der Waals surface area contributed by atoms with Gasteiger partial charge in [0.05, 0.1) is 40.7 Å². The fourth-order valence-electron chi connectivity index (χ4n) is 5.58. The maximum Gasteiger partial charge on any atom is 0.338 e. The van der Waals surface area contributed by atoms with E-state index in [1.807, 2.05) is 104 Å². The number of hydrogen-bond donors (Lipinski definition) is 0. The second-order valence-electron chi connectivity index (χ2n) is 10.7. The molecule has 46 heavy (non-hydrogen) atoms. The van der Waals surface area contributed by atoms with Gasteiger partial charge in [0.25, 0.3) is 5.56 Å². The Labute approximate surface area is 275 Å². The minimum Gasteiger partial charge on any atom is -0.494 e. The van der Waals surface area contributed by atoms with Crippen molar-refractivity contribution in [1.29, 1.82) is 0 Å². The van der Waals surface area contributed by atoms with Gasteiger partial charge in [0, 0.05) is 22.2 Å². The highest BCUT2D eigenvalue weighted by atomic mass is 32.2. The number of aromatic nitrogens is 3. The van der Waals surface area contributed by atoms with Crippen LogP contribution >= 0.6 is 23.1 Å². The molecule has 0 saturated carbocycles. The Bertz CT molecular complexity index is 2130. The first-order valence-electron chi connectivity index (χ1n) is 15.1. The molecule has 0 spiro atoms. The van der Waals surface area contributed by atoms with Crippen LogP contribution < -0.4 is 19.6 Å². The van der Waals surface area contributed by atoms with Crippen molar-refractivity contribution in [3.63, 3.8) is 0 Å². The predicted molar refractivity (Wildman–Crippen MR) is 184 cm³/mol. The number of hydrogen-bond acceptors (Lipinski definition) is 8. The quantitative estimate of drug-likeness (QED) is 0.142. The summed E-state index contributed by atoms with van der Waals surface area (Å²) in [7, 11) is 0. The normalized spacial score (nSPS) is 14.6. The maximum atomic E-state index is 14.3. The fraction of sp³-hybridized carbons (Fsp3) is 0.222. The van der Waals surface area contributed by atoms with Crippen LogP contribution in [0.5, 0.6) is 5.75 Å². The van der Waals surface area contributed by atoms with Gasteiger partial charge in [-0.2, -0.15) is 5.10 Å². The largest absolute Gasteiger partial charge is 0.494 e. The van der Waals surface area contributed by atoms with Crippen LogP contribution in [0.25, 0.3) is 23.0 Å². The number of fused-ring (bicyclic) bond motifs is 1. The van der Waals surface area contributed by atoms with E-state index in [2.05, 4.69) is 6.07 Å². The smallest absolute Gasteiger partial charge is 0.338 e. The summed E-state index contributed by atoms with van der Waals surface area (Å²) in [5.41, 5.74) is 5.77. The van der Waals surface area contributed by atoms with Crippen LogP contribution in [0.3, 0.4) is 0 Å². The van der Waals surface area contributed by atoms with Crippen LogP contribution in [-0.2, 0) is 9.53 Å². The molecular formula is C36H34N4O4S2. The number of thioether (sulfide) groups is 1. The third-order valence-corrected chi connectivity index (χ3v) is 9.47. The van der Waals surface area contributed by atoms with E-state index in [-0.39, 0.29) is 12.2 Å². The Kier molecular flexibility index (Phi) is 9.10. The number of carbonyl (C=O) groups excluding carboxylic acids is 1. The molecular weight excluding hydrogens is 617 g/mol. The lowest BCUT2D eigenvalue weighted by atomic mass is 9.96. The van der Waals surface area contributed by atoms with Crippen LogP contribution in [0.1, 0.15) is 43.5 Å². The molecule has 0 bridgehead atoms. The van der Waals surface area contributed by atoms with Crippen LogP contribution in [0.15, 0.2) is 105 Å². The van der Waals surface area contributed by atoms with Crippen molar-refractivity contribution >= 4 is 35.1 Å². The first kappa shape index (κ1) is 31.3. The molecule has 8 nitrogen and oxygen atoms in total. The molecule has 0 amide bonds. The van der Waals surface area contributed by atoms with Crippen molar-refractivity contribution in [3.8, 4) is 22.7 Å². The lowest BCUT2D eigenvalue weighted by Crippen LogP contribution is -2.39. The number of thiazole rings is 1. The number of esters is 1. The predicted octanol–water partition coefficient (Wildman–Crippen LogP) is 6.08. The maximum absolute atomic E-state index is 14.3. The summed E-state index contributed by atoms with van der Waals surface area (Å²) >= 11 is 2.92. The summed E-state index contributed by atoms with van der Waals surface area (Å²) in [5, 5.41) is 4.97. The van der Waals surface area contributed by atoms with Crippen molar-refractivity contribution in [1.82, 2.24) is 14.3 Å². The average molecular weight is 651 g/mol. The third-order valence-electron chi connectivity index (χ3n) is 7.75. The Hall–Kier alpha value is -4.67. The molecule has 1 unspecified atom stereocenters. The highest BCUT2D eigenvalue weighted by Gasteiger charge is 2.33. The van der Waals surface area contributed by atoms with Gasteiger partial charge in [-0.05, 0) is 93.6 Å². The molecule has 1 aliphatic heterocycles. The van der Waals surface area contributed by atoms with Crippen LogP contribution in [0.2, 0.25) is 0 Å². The van der Waals surface area contributed by atoms with Gasteiger partial charge in [-0.25, -0.2) is 14.5 Å². The first-order chi connectivity index (χ1) is 22.3. The number of aryl methyl sites for hydroxylation is 1. The first-order valence-corrected chi connectivity index (χ1v) is 17.1. The molecule has 0 N–H and O–H groups in total. The number of carbonyl (C=O) groups is 1. The van der Waals surface area contributed by atoms with Crippen molar-refractivity contribution in [2.24, 2.45) is 4.99 Å². The molecule has 0 aliphatic carbocycles. The van der Waals surface area contributed by atoms with E-state index >= 15 is 0 Å². The molecule has 5 aromatic rings. The van der Waals surface area contributed by atoms with E-state index < -0.39 is 12.0 Å². The summed E-state index contributed by atoms with van der Waals surface area (Å²) in [6.07, 6.45) is 5.81. The van der Waals surface area contributed by atoms with E-state index in [1.54, 1.807) is 30.2 Å². The summed E-state index contributed by atoms with van der Waals surface area (Å²) < 4.78 is 15.1. The van der Waals surface area contributed by atoms with Gasteiger partial charge in [-0.1, -0.05) is 41.7 Å². The molecule has 10 heteroatoms. The number of rotatable bonds is 9. The second kappa shape index (κ2) is 13.4. The van der Waals surface area contributed by atoms with Gasteiger partial charge < -0.3 is 9.47 Å². The fourth-order valence-corrected chi connectivity index (χ4v) is 7.02. The van der Waals surface area contributed by atoms with Crippen LogP contribution in [-0.4, -0.2) is 39.8 Å². The highest BCUT2D eigenvalue weighted by Crippen LogP contribution is 2.32. The number of allylic oxidation sites excluding steroid dienone is 1. The highest BCUT2D eigenvalue weighted by molar-refractivity contribution is 7.98. The Balaban J connectivity index is 1.54. The molecule has 1 atom stereocenters. The molecule has 0 fully saturated rings. The van der Waals surface area contributed by atoms with E-state index in [1.165, 1.54) is 11.3 Å². The molecule has 3 aromatic carbocycles. The topological polar surface area (TPSA) is 87.7 Å². The summed E-state index contributed by atoms with van der Waals surface area (Å²) in [6, 6.07) is 23.1. The Morgan fingerprint density at radius 1 is 1.02 bits per heavy atom. The van der Waals surface area contributed by atoms with E-state index in [0.29, 0.717) is 27.2 Å². The molecule has 0 saturated heterocycles. The minimum absolute atomic E-state index is 0.220. The lowest BCUT2D eigenvalue weighted by molar-refractivity contribution is -0.139. The van der Waals surface area contributed by atoms with Crippen molar-refractivity contribution < 1.29 is 14.3 Å². The zero-order chi connectivity index (χ0) is 32.4. The van der Waals surface area contributed by atoms with Crippen LogP contribution in [0.4, 0.5) is 0 Å².